The summed E-state index contributed by atoms with van der Waals surface area (Å²) in [6, 6.07) is 0. The van der Waals surface area contributed by atoms with Crippen molar-refractivity contribution in [2.24, 2.45) is 23.7 Å². The minimum Gasteiger partial charge on any atom is -0.394 e. The first-order valence-electron chi connectivity index (χ1n) is 7.43. The quantitative estimate of drug-likeness (QED) is 0.583. The van der Waals surface area contributed by atoms with Crippen molar-refractivity contribution in [3.8, 4) is 0 Å². The van der Waals surface area contributed by atoms with Crippen LogP contribution in [0.4, 0.5) is 0 Å². The van der Waals surface area contributed by atoms with Gasteiger partial charge in [-0.1, -0.05) is 12.2 Å². The van der Waals surface area contributed by atoms with Crippen LogP contribution in [0.2, 0.25) is 0 Å². The van der Waals surface area contributed by atoms with Gasteiger partial charge in [0, 0.05) is 13.2 Å². The van der Waals surface area contributed by atoms with Crippen molar-refractivity contribution >= 4 is 11.8 Å². The second-order valence-corrected chi connectivity index (χ2v) is 6.51. The predicted octanol–water partition coefficient (Wildman–Crippen LogP) is 0.335. The van der Waals surface area contributed by atoms with Gasteiger partial charge in [0.05, 0.1) is 24.0 Å². The predicted molar refractivity (Wildman–Crippen MR) is 69.4 cm³/mol. The zero-order chi connectivity index (χ0) is 13.9. The molecular weight excluding hydrogens is 258 g/mol. The van der Waals surface area contributed by atoms with Crippen LogP contribution < -0.4 is 0 Å². The number of likely N-dealkylation sites (tertiary alicyclic amines) is 1. The van der Waals surface area contributed by atoms with Crippen molar-refractivity contribution in [2.75, 3.05) is 19.8 Å². The van der Waals surface area contributed by atoms with Gasteiger partial charge in [-0.25, -0.2) is 0 Å². The van der Waals surface area contributed by atoms with E-state index >= 15 is 0 Å². The number of fused-ring (bicyclic) bond motifs is 5. The van der Waals surface area contributed by atoms with E-state index < -0.39 is 5.54 Å². The number of amides is 2. The average Bonchev–Trinajstić information content (AvgIpc) is 3.14. The zero-order valence-electron chi connectivity index (χ0n) is 11.3. The molecule has 2 aliphatic carbocycles. The van der Waals surface area contributed by atoms with E-state index in [2.05, 4.69) is 12.2 Å². The Bertz CT molecular complexity index is 464. The molecular formula is C15H19NO4. The first-order valence-corrected chi connectivity index (χ1v) is 7.43. The molecule has 2 saturated heterocycles. The molecule has 0 aromatic heterocycles. The van der Waals surface area contributed by atoms with E-state index in [0.717, 1.165) is 6.42 Å². The lowest BCUT2D eigenvalue weighted by Crippen LogP contribution is -2.58. The summed E-state index contributed by atoms with van der Waals surface area (Å²) in [6.07, 6.45) is 6.22. The Hall–Kier alpha value is -1.20. The average molecular weight is 277 g/mol. The van der Waals surface area contributed by atoms with Crippen molar-refractivity contribution in [2.45, 2.75) is 24.8 Å². The molecule has 1 N–H and O–H groups in total. The molecule has 4 aliphatic rings. The summed E-state index contributed by atoms with van der Waals surface area (Å²) in [6.45, 7) is 0.839. The number of hydrogen-bond donors (Lipinski definition) is 1. The molecule has 20 heavy (non-hydrogen) atoms. The van der Waals surface area contributed by atoms with Crippen molar-refractivity contribution in [1.82, 2.24) is 4.90 Å². The Morgan fingerprint density at radius 1 is 1.15 bits per heavy atom. The minimum absolute atomic E-state index is 0.0622. The summed E-state index contributed by atoms with van der Waals surface area (Å²) in [5.41, 5.74) is -0.726. The number of ether oxygens (including phenoxy) is 1. The van der Waals surface area contributed by atoms with Gasteiger partial charge in [0.15, 0.2) is 0 Å². The molecule has 4 rings (SSSR count). The van der Waals surface area contributed by atoms with Crippen LogP contribution in [0.25, 0.3) is 0 Å². The van der Waals surface area contributed by atoms with Crippen molar-refractivity contribution in [1.29, 1.82) is 0 Å². The molecule has 4 atom stereocenters. The molecule has 0 radical (unpaired) electrons. The maximum absolute atomic E-state index is 12.8. The topological polar surface area (TPSA) is 66.8 Å². The first kappa shape index (κ1) is 12.5. The standard InChI is InChI=1S/C15H19NO4/c17-8-15(3-5-20-6-4-15)16-13(18)11-9-1-2-10(7-9)12(11)14(16)19/h1-2,9-12,17H,3-8H2. The van der Waals surface area contributed by atoms with Gasteiger partial charge in [-0.05, 0) is 31.1 Å². The molecule has 2 amide bonds. The fourth-order valence-corrected chi connectivity index (χ4v) is 4.57. The summed E-state index contributed by atoms with van der Waals surface area (Å²) in [4.78, 5) is 27.0. The molecule has 1 saturated carbocycles. The molecule has 0 aromatic carbocycles. The summed E-state index contributed by atoms with van der Waals surface area (Å²) in [5, 5.41) is 9.83. The molecule has 5 nitrogen and oxygen atoms in total. The van der Waals surface area contributed by atoms with Crippen molar-refractivity contribution in [3.05, 3.63) is 12.2 Å². The highest BCUT2D eigenvalue weighted by Crippen LogP contribution is 2.54. The van der Waals surface area contributed by atoms with Crippen LogP contribution >= 0.6 is 0 Å². The fraction of sp³-hybridized carbons (Fsp3) is 0.733. The Morgan fingerprint density at radius 3 is 2.20 bits per heavy atom. The third kappa shape index (κ3) is 1.40. The Balaban J connectivity index is 1.70. The number of aliphatic hydroxyl groups excluding tert-OH is 1. The van der Waals surface area contributed by atoms with Gasteiger partial charge in [0.2, 0.25) is 11.8 Å². The van der Waals surface area contributed by atoms with Crippen LogP contribution in [0, 0.1) is 23.7 Å². The zero-order valence-corrected chi connectivity index (χ0v) is 11.3. The van der Waals surface area contributed by atoms with Gasteiger partial charge in [0.25, 0.3) is 0 Å². The van der Waals surface area contributed by atoms with Gasteiger partial charge in [0.1, 0.15) is 0 Å². The number of nitrogens with zero attached hydrogens (tertiary/aromatic N) is 1. The van der Waals surface area contributed by atoms with E-state index in [-0.39, 0.29) is 42.1 Å². The van der Waals surface area contributed by atoms with E-state index in [1.54, 1.807) is 0 Å². The Kier molecular flexibility index (Phi) is 2.60. The van der Waals surface area contributed by atoms with E-state index in [0.29, 0.717) is 26.1 Å². The smallest absolute Gasteiger partial charge is 0.234 e. The number of aliphatic hydroxyl groups is 1. The minimum atomic E-state index is -0.726. The van der Waals surface area contributed by atoms with E-state index in [1.165, 1.54) is 4.90 Å². The number of carbonyl (C=O) groups excluding carboxylic acids is 2. The normalized spacial score (nSPS) is 41.5. The highest BCUT2D eigenvalue weighted by molar-refractivity contribution is 6.07. The first-order chi connectivity index (χ1) is 9.68. The van der Waals surface area contributed by atoms with E-state index in [4.69, 9.17) is 4.74 Å². The fourth-order valence-electron chi connectivity index (χ4n) is 4.57. The van der Waals surface area contributed by atoms with Crippen LogP contribution in [-0.4, -0.2) is 47.2 Å². The summed E-state index contributed by atoms with van der Waals surface area (Å²) in [5.74, 6) is -0.0304. The number of allylic oxidation sites excluding steroid dienone is 2. The third-order valence-electron chi connectivity index (χ3n) is 5.66. The van der Waals surface area contributed by atoms with Crippen LogP contribution in [0.1, 0.15) is 19.3 Å². The Morgan fingerprint density at radius 2 is 1.70 bits per heavy atom. The number of carbonyl (C=O) groups is 2. The van der Waals surface area contributed by atoms with Gasteiger partial charge < -0.3 is 9.84 Å². The van der Waals surface area contributed by atoms with Crippen molar-refractivity contribution < 1.29 is 19.4 Å². The molecule has 4 unspecified atom stereocenters. The molecule has 3 fully saturated rings. The highest BCUT2D eigenvalue weighted by Gasteiger charge is 2.63. The maximum Gasteiger partial charge on any atom is 0.234 e. The van der Waals surface area contributed by atoms with Crippen LogP contribution in [0.3, 0.4) is 0 Å². The number of hydrogen-bond acceptors (Lipinski definition) is 4. The van der Waals surface area contributed by atoms with Crippen LogP contribution in [0.5, 0.6) is 0 Å². The van der Waals surface area contributed by atoms with Gasteiger partial charge >= 0.3 is 0 Å². The molecule has 0 aromatic rings. The van der Waals surface area contributed by atoms with E-state index in [1.807, 2.05) is 0 Å². The van der Waals surface area contributed by atoms with Crippen LogP contribution in [-0.2, 0) is 14.3 Å². The van der Waals surface area contributed by atoms with E-state index in [9.17, 15) is 14.7 Å². The lowest BCUT2D eigenvalue weighted by Gasteiger charge is -2.42. The number of rotatable bonds is 2. The Labute approximate surface area is 117 Å². The summed E-state index contributed by atoms with van der Waals surface area (Å²) >= 11 is 0. The largest absolute Gasteiger partial charge is 0.394 e. The van der Waals surface area contributed by atoms with Crippen LogP contribution in [0.15, 0.2) is 12.2 Å². The number of imide groups is 1. The molecule has 2 bridgehead atoms. The SMILES string of the molecule is O=C1C2C3C=CC(C3)C2C(=O)N1C1(CO)CCOCC1. The van der Waals surface area contributed by atoms with Crippen molar-refractivity contribution in [3.63, 3.8) is 0 Å². The highest BCUT2D eigenvalue weighted by atomic mass is 16.5. The van der Waals surface area contributed by atoms with Gasteiger partial charge in [-0.3, -0.25) is 14.5 Å². The van der Waals surface area contributed by atoms with Gasteiger partial charge in [-0.2, -0.15) is 0 Å². The second-order valence-electron chi connectivity index (χ2n) is 6.51. The molecule has 5 heteroatoms. The third-order valence-corrected chi connectivity index (χ3v) is 5.66. The monoisotopic (exact) mass is 277 g/mol. The molecule has 2 aliphatic heterocycles. The molecule has 2 heterocycles. The summed E-state index contributed by atoms with van der Waals surface area (Å²) < 4.78 is 5.33. The second kappa shape index (κ2) is 4.15. The summed E-state index contributed by atoms with van der Waals surface area (Å²) in [7, 11) is 0. The molecule has 0 spiro atoms. The molecule has 108 valence electrons. The van der Waals surface area contributed by atoms with Gasteiger partial charge in [-0.15, -0.1) is 0 Å². The lowest BCUT2D eigenvalue weighted by atomic mass is 9.85. The lowest BCUT2D eigenvalue weighted by molar-refractivity contribution is -0.155. The maximum atomic E-state index is 12.8.